The van der Waals surface area contributed by atoms with Crippen LogP contribution in [0, 0.1) is 10.1 Å². The van der Waals surface area contributed by atoms with E-state index < -0.39 is 4.92 Å². The first-order chi connectivity index (χ1) is 9.16. The van der Waals surface area contributed by atoms with Crippen LogP contribution < -0.4 is 5.32 Å². The van der Waals surface area contributed by atoms with Gasteiger partial charge < -0.3 is 15.0 Å². The van der Waals surface area contributed by atoms with E-state index in [1.807, 2.05) is 0 Å². The summed E-state index contributed by atoms with van der Waals surface area (Å²) < 4.78 is 5.16. The van der Waals surface area contributed by atoms with E-state index in [0.29, 0.717) is 31.9 Å². The van der Waals surface area contributed by atoms with Crippen molar-refractivity contribution in [1.29, 1.82) is 0 Å². The molecule has 0 aliphatic carbocycles. The molecule has 0 radical (unpaired) electrons. The Hall–Kier alpha value is -2.15. The number of morpholine rings is 1. The Balaban J connectivity index is 1.89. The molecule has 1 aliphatic heterocycles. The lowest BCUT2D eigenvalue weighted by Crippen LogP contribution is -2.45. The molecule has 1 aliphatic rings. The number of nitrogens with one attached hydrogen (secondary N) is 1. The van der Waals surface area contributed by atoms with E-state index in [-0.39, 0.29) is 18.3 Å². The minimum Gasteiger partial charge on any atom is -0.378 e. The summed E-state index contributed by atoms with van der Waals surface area (Å²) in [6, 6.07) is 6.06. The summed E-state index contributed by atoms with van der Waals surface area (Å²) in [7, 11) is 0. The Morgan fingerprint density at radius 3 is 2.84 bits per heavy atom. The first-order valence-corrected chi connectivity index (χ1v) is 6.00. The summed E-state index contributed by atoms with van der Waals surface area (Å²) >= 11 is 0. The Morgan fingerprint density at radius 2 is 2.16 bits per heavy atom. The van der Waals surface area contributed by atoms with E-state index in [4.69, 9.17) is 4.74 Å². The number of amides is 2. The van der Waals surface area contributed by atoms with Crippen LogP contribution in [0.1, 0.15) is 5.56 Å². The van der Waals surface area contributed by atoms with Crippen molar-refractivity contribution in [3.63, 3.8) is 0 Å². The van der Waals surface area contributed by atoms with E-state index in [1.165, 1.54) is 12.1 Å². The van der Waals surface area contributed by atoms with Crippen LogP contribution in [0.4, 0.5) is 10.5 Å². The van der Waals surface area contributed by atoms with E-state index in [9.17, 15) is 14.9 Å². The van der Waals surface area contributed by atoms with Crippen LogP contribution >= 0.6 is 0 Å². The molecule has 102 valence electrons. The van der Waals surface area contributed by atoms with Gasteiger partial charge in [-0.05, 0) is 5.56 Å². The van der Waals surface area contributed by atoms with Gasteiger partial charge in [0.25, 0.3) is 5.69 Å². The van der Waals surface area contributed by atoms with Gasteiger partial charge in [-0.1, -0.05) is 12.1 Å². The molecule has 1 heterocycles. The van der Waals surface area contributed by atoms with Gasteiger partial charge >= 0.3 is 6.03 Å². The second-order valence-corrected chi connectivity index (χ2v) is 4.19. The molecule has 0 unspecified atom stereocenters. The second kappa shape index (κ2) is 6.14. The number of carbonyl (C=O) groups is 1. The summed E-state index contributed by atoms with van der Waals surface area (Å²) in [6.45, 7) is 2.51. The van der Waals surface area contributed by atoms with Gasteiger partial charge in [0.15, 0.2) is 0 Å². The third-order valence-electron chi connectivity index (χ3n) is 2.86. The SMILES string of the molecule is O=C(NCc1cccc([N+](=O)[O-])c1)N1CCOCC1. The van der Waals surface area contributed by atoms with Gasteiger partial charge in [0.05, 0.1) is 18.1 Å². The zero-order valence-corrected chi connectivity index (χ0v) is 10.4. The quantitative estimate of drug-likeness (QED) is 0.656. The second-order valence-electron chi connectivity index (χ2n) is 4.19. The minimum atomic E-state index is -0.451. The van der Waals surface area contributed by atoms with Gasteiger partial charge in [0.1, 0.15) is 0 Å². The van der Waals surface area contributed by atoms with Gasteiger partial charge in [-0.2, -0.15) is 0 Å². The van der Waals surface area contributed by atoms with Crippen molar-refractivity contribution in [2.24, 2.45) is 0 Å². The van der Waals surface area contributed by atoms with Crippen molar-refractivity contribution in [1.82, 2.24) is 10.2 Å². The number of ether oxygens (including phenoxy) is 1. The zero-order chi connectivity index (χ0) is 13.7. The van der Waals surface area contributed by atoms with Crippen molar-refractivity contribution in [3.05, 3.63) is 39.9 Å². The maximum absolute atomic E-state index is 11.8. The molecule has 1 aromatic rings. The number of nitro groups is 1. The fourth-order valence-electron chi connectivity index (χ4n) is 1.84. The highest BCUT2D eigenvalue weighted by Gasteiger charge is 2.16. The maximum Gasteiger partial charge on any atom is 0.317 e. The monoisotopic (exact) mass is 265 g/mol. The predicted octanol–water partition coefficient (Wildman–Crippen LogP) is 1.14. The molecule has 1 aromatic carbocycles. The molecule has 1 N–H and O–H groups in total. The van der Waals surface area contributed by atoms with Crippen molar-refractivity contribution >= 4 is 11.7 Å². The van der Waals surface area contributed by atoms with Crippen LogP contribution in [-0.4, -0.2) is 42.2 Å². The molecule has 19 heavy (non-hydrogen) atoms. The molecule has 1 saturated heterocycles. The molecule has 0 aromatic heterocycles. The van der Waals surface area contributed by atoms with Crippen molar-refractivity contribution in [2.45, 2.75) is 6.54 Å². The standard InChI is InChI=1S/C12H15N3O4/c16-12(14-4-6-19-7-5-14)13-9-10-2-1-3-11(8-10)15(17)18/h1-3,8H,4-7,9H2,(H,13,16). The van der Waals surface area contributed by atoms with Gasteiger partial charge in [-0.15, -0.1) is 0 Å². The van der Waals surface area contributed by atoms with Crippen LogP contribution in [0.2, 0.25) is 0 Å². The normalized spacial score (nSPS) is 15.1. The smallest absolute Gasteiger partial charge is 0.317 e. The fraction of sp³-hybridized carbons (Fsp3) is 0.417. The number of rotatable bonds is 3. The lowest BCUT2D eigenvalue weighted by atomic mass is 10.2. The van der Waals surface area contributed by atoms with Crippen molar-refractivity contribution in [3.8, 4) is 0 Å². The number of non-ortho nitro benzene ring substituents is 1. The summed E-state index contributed by atoms with van der Waals surface area (Å²) in [4.78, 5) is 23.7. The fourth-order valence-corrected chi connectivity index (χ4v) is 1.84. The molecule has 0 saturated carbocycles. The average Bonchev–Trinajstić information content (AvgIpc) is 2.46. The molecule has 0 atom stereocenters. The highest BCUT2D eigenvalue weighted by molar-refractivity contribution is 5.74. The first kappa shape index (κ1) is 13.3. The van der Waals surface area contributed by atoms with Crippen LogP contribution in [0.3, 0.4) is 0 Å². The molecule has 0 bridgehead atoms. The Kier molecular flexibility index (Phi) is 4.30. The van der Waals surface area contributed by atoms with Crippen molar-refractivity contribution < 1.29 is 14.5 Å². The Labute approximate surface area is 110 Å². The first-order valence-electron chi connectivity index (χ1n) is 6.00. The molecular weight excluding hydrogens is 250 g/mol. The maximum atomic E-state index is 11.8. The lowest BCUT2D eigenvalue weighted by Gasteiger charge is -2.26. The molecule has 2 rings (SSSR count). The van der Waals surface area contributed by atoms with Gasteiger partial charge in [-0.25, -0.2) is 4.79 Å². The zero-order valence-electron chi connectivity index (χ0n) is 10.4. The average molecular weight is 265 g/mol. The van der Waals surface area contributed by atoms with Crippen LogP contribution in [0.15, 0.2) is 24.3 Å². The molecule has 7 nitrogen and oxygen atoms in total. The minimum absolute atomic E-state index is 0.0260. The number of carbonyl (C=O) groups excluding carboxylic acids is 1. The van der Waals surface area contributed by atoms with Gasteiger partial charge in [-0.3, -0.25) is 10.1 Å². The predicted molar refractivity (Wildman–Crippen MR) is 67.7 cm³/mol. The largest absolute Gasteiger partial charge is 0.378 e. The lowest BCUT2D eigenvalue weighted by molar-refractivity contribution is -0.384. The summed E-state index contributed by atoms with van der Waals surface area (Å²) in [6.07, 6.45) is 0. The van der Waals surface area contributed by atoms with Crippen LogP contribution in [0.5, 0.6) is 0 Å². The van der Waals surface area contributed by atoms with Gasteiger partial charge in [0, 0.05) is 31.8 Å². The third kappa shape index (κ3) is 3.65. The topological polar surface area (TPSA) is 84.7 Å². The Morgan fingerprint density at radius 1 is 1.42 bits per heavy atom. The van der Waals surface area contributed by atoms with Crippen LogP contribution in [-0.2, 0) is 11.3 Å². The highest BCUT2D eigenvalue weighted by atomic mass is 16.6. The molecule has 2 amide bonds. The molecule has 0 spiro atoms. The number of nitro benzene ring substituents is 1. The molecule has 1 fully saturated rings. The number of hydrogen-bond acceptors (Lipinski definition) is 4. The third-order valence-corrected chi connectivity index (χ3v) is 2.86. The number of benzene rings is 1. The highest BCUT2D eigenvalue weighted by Crippen LogP contribution is 2.12. The molecule has 7 heteroatoms. The number of nitrogens with zero attached hydrogens (tertiary/aromatic N) is 2. The molecular formula is C12H15N3O4. The van der Waals surface area contributed by atoms with E-state index in [2.05, 4.69) is 5.32 Å². The van der Waals surface area contributed by atoms with Crippen molar-refractivity contribution in [2.75, 3.05) is 26.3 Å². The van der Waals surface area contributed by atoms with E-state index in [0.717, 1.165) is 0 Å². The summed E-state index contributed by atoms with van der Waals surface area (Å²) in [5, 5.41) is 13.4. The number of urea groups is 1. The number of hydrogen-bond donors (Lipinski definition) is 1. The van der Waals surface area contributed by atoms with E-state index >= 15 is 0 Å². The summed E-state index contributed by atoms with van der Waals surface area (Å²) in [5.41, 5.74) is 0.730. The summed E-state index contributed by atoms with van der Waals surface area (Å²) in [5.74, 6) is 0. The Bertz CT molecular complexity index is 472. The van der Waals surface area contributed by atoms with Crippen LogP contribution in [0.25, 0.3) is 0 Å². The van der Waals surface area contributed by atoms with E-state index in [1.54, 1.807) is 17.0 Å². The van der Waals surface area contributed by atoms with Gasteiger partial charge in [0.2, 0.25) is 0 Å².